The molecule has 9 heteroatoms. The highest BCUT2D eigenvalue weighted by Gasteiger charge is 2.35. The number of esters is 1. The van der Waals surface area contributed by atoms with Gasteiger partial charge in [0.15, 0.2) is 5.69 Å². The summed E-state index contributed by atoms with van der Waals surface area (Å²) >= 11 is 3.00. The Balaban J connectivity index is 3.38. The fraction of sp³-hybridized carbons (Fsp3) is 0.333. The molecular weight excluding hydrogens is 323 g/mol. The summed E-state index contributed by atoms with van der Waals surface area (Å²) in [5.74, 6) is -2.27. The van der Waals surface area contributed by atoms with Crippen LogP contribution in [0.2, 0.25) is 0 Å². The summed E-state index contributed by atoms with van der Waals surface area (Å²) in [6, 6.07) is 0.891. The number of ether oxygens (including phenoxy) is 2. The van der Waals surface area contributed by atoms with Crippen molar-refractivity contribution in [2.24, 2.45) is 0 Å². The second-order valence-electron chi connectivity index (χ2n) is 3.04. The van der Waals surface area contributed by atoms with E-state index < -0.39 is 29.2 Å². The minimum atomic E-state index is -5.08. The minimum Gasteiger partial charge on any atom is -0.464 e. The Kier molecular flexibility index (Phi) is 4.38. The summed E-state index contributed by atoms with van der Waals surface area (Å²) in [4.78, 5) is 25.1. The fourth-order valence-electron chi connectivity index (χ4n) is 1.14. The van der Waals surface area contributed by atoms with Gasteiger partial charge in [-0.2, -0.15) is 0 Å². The largest absolute Gasteiger partial charge is 0.573 e. The number of hydrogen-bond donors (Lipinski definition) is 1. The van der Waals surface area contributed by atoms with Gasteiger partial charge in [-0.15, -0.1) is 13.2 Å². The zero-order valence-electron chi connectivity index (χ0n) is 8.93. The second kappa shape index (κ2) is 5.42. The molecule has 1 heterocycles. The molecule has 0 spiro atoms. The van der Waals surface area contributed by atoms with Crippen molar-refractivity contribution in [2.45, 2.75) is 11.7 Å². The molecule has 5 nitrogen and oxygen atoms in total. The van der Waals surface area contributed by atoms with Crippen LogP contribution in [0.1, 0.15) is 16.2 Å². The molecule has 0 unspecified atom stereocenters. The van der Waals surface area contributed by atoms with Crippen molar-refractivity contribution in [1.29, 1.82) is 0 Å². The van der Waals surface area contributed by atoms with Crippen LogP contribution in [-0.2, 0) is 10.1 Å². The molecule has 0 fully saturated rings. The number of nitrogens with one attached hydrogen (secondary N) is 1. The maximum atomic E-state index is 12.1. The van der Waals surface area contributed by atoms with E-state index in [0.29, 0.717) is 0 Å². The number of aromatic amines is 1. The highest BCUT2D eigenvalue weighted by atomic mass is 79.9. The molecule has 1 rings (SSSR count). The second-order valence-corrected chi connectivity index (χ2v) is 3.60. The summed E-state index contributed by atoms with van der Waals surface area (Å²) < 4.78 is 44.1. The smallest absolute Gasteiger partial charge is 0.464 e. The van der Waals surface area contributed by atoms with E-state index in [1.165, 1.54) is 0 Å². The van der Waals surface area contributed by atoms with Gasteiger partial charge in [-0.25, -0.2) is 4.79 Å². The van der Waals surface area contributed by atoms with Gasteiger partial charge in [-0.1, -0.05) is 15.9 Å². The predicted octanol–water partition coefficient (Wildman–Crippen LogP) is 1.96. The standard InChI is InChI=1S/C9H7BrF3NO4/c1-17-8(16)6-7(18-9(11,12)13)5(15)2-4(3-10)14-6/h2H,3H2,1H3,(H,14,15). The first-order chi connectivity index (χ1) is 8.28. The van der Waals surface area contributed by atoms with E-state index in [0.717, 1.165) is 13.2 Å². The molecular formula is C9H7BrF3NO4. The highest BCUT2D eigenvalue weighted by Crippen LogP contribution is 2.23. The molecule has 0 amide bonds. The third-order valence-corrected chi connectivity index (χ3v) is 2.40. The van der Waals surface area contributed by atoms with Crippen LogP contribution < -0.4 is 10.2 Å². The molecule has 1 aromatic heterocycles. The van der Waals surface area contributed by atoms with Crippen molar-refractivity contribution in [3.63, 3.8) is 0 Å². The fourth-order valence-corrected chi connectivity index (χ4v) is 1.44. The third kappa shape index (κ3) is 3.49. The average Bonchev–Trinajstić information content (AvgIpc) is 2.28. The summed E-state index contributed by atoms with van der Waals surface area (Å²) in [5, 5.41) is 0.151. The topological polar surface area (TPSA) is 68.4 Å². The Morgan fingerprint density at radius 2 is 2.11 bits per heavy atom. The first-order valence-electron chi connectivity index (χ1n) is 4.44. The van der Waals surface area contributed by atoms with Gasteiger partial charge in [-0.05, 0) is 0 Å². The first-order valence-corrected chi connectivity index (χ1v) is 5.57. The lowest BCUT2D eigenvalue weighted by Gasteiger charge is -2.12. The first kappa shape index (κ1) is 14.6. The predicted molar refractivity (Wildman–Crippen MR) is 57.7 cm³/mol. The molecule has 0 aliphatic carbocycles. The lowest BCUT2D eigenvalue weighted by atomic mass is 10.2. The molecule has 0 aromatic carbocycles. The van der Waals surface area contributed by atoms with E-state index in [4.69, 9.17) is 0 Å². The Labute approximate surface area is 107 Å². The van der Waals surface area contributed by atoms with Crippen LogP contribution in [0.4, 0.5) is 13.2 Å². The summed E-state index contributed by atoms with van der Waals surface area (Å²) in [5.41, 5.74) is -1.53. The number of H-pyrrole nitrogens is 1. The van der Waals surface area contributed by atoms with Gasteiger partial charge < -0.3 is 14.5 Å². The summed E-state index contributed by atoms with van der Waals surface area (Å²) in [7, 11) is 0.971. The Bertz CT molecular complexity index is 512. The number of aromatic nitrogens is 1. The quantitative estimate of drug-likeness (QED) is 0.680. The lowest BCUT2D eigenvalue weighted by Crippen LogP contribution is -2.25. The van der Waals surface area contributed by atoms with Crippen molar-refractivity contribution >= 4 is 21.9 Å². The van der Waals surface area contributed by atoms with Crippen molar-refractivity contribution in [2.75, 3.05) is 7.11 Å². The Hall–Kier alpha value is -1.51. The third-order valence-electron chi connectivity index (χ3n) is 1.79. The van der Waals surface area contributed by atoms with Gasteiger partial charge in [0.05, 0.1) is 7.11 Å². The van der Waals surface area contributed by atoms with E-state index in [-0.39, 0.29) is 11.0 Å². The van der Waals surface area contributed by atoms with E-state index in [9.17, 15) is 22.8 Å². The molecule has 0 aliphatic heterocycles. The van der Waals surface area contributed by atoms with Gasteiger partial charge in [0, 0.05) is 17.1 Å². The number of rotatable bonds is 3. The molecule has 1 N–H and O–H groups in total. The van der Waals surface area contributed by atoms with Crippen molar-refractivity contribution < 1.29 is 27.4 Å². The molecule has 0 radical (unpaired) electrons. The molecule has 0 saturated heterocycles. The van der Waals surface area contributed by atoms with Crippen LogP contribution in [0.25, 0.3) is 0 Å². The lowest BCUT2D eigenvalue weighted by molar-refractivity contribution is -0.275. The zero-order chi connectivity index (χ0) is 13.9. The monoisotopic (exact) mass is 329 g/mol. The maximum Gasteiger partial charge on any atom is 0.573 e. The van der Waals surface area contributed by atoms with E-state index in [2.05, 4.69) is 30.4 Å². The average molecular weight is 330 g/mol. The number of pyridine rings is 1. The van der Waals surface area contributed by atoms with Crippen LogP contribution in [-0.4, -0.2) is 24.4 Å². The molecule has 1 aromatic rings. The van der Waals surface area contributed by atoms with Crippen LogP contribution >= 0.6 is 15.9 Å². The van der Waals surface area contributed by atoms with Gasteiger partial charge in [-0.3, -0.25) is 4.79 Å². The minimum absolute atomic E-state index is 0.151. The van der Waals surface area contributed by atoms with Gasteiger partial charge in [0.25, 0.3) is 0 Å². The van der Waals surface area contributed by atoms with Crippen molar-refractivity contribution in [3.8, 4) is 5.75 Å². The zero-order valence-corrected chi connectivity index (χ0v) is 10.5. The number of carbonyl (C=O) groups is 1. The normalized spacial score (nSPS) is 11.2. The molecule has 100 valence electrons. The number of alkyl halides is 4. The molecule has 0 aliphatic rings. The van der Waals surface area contributed by atoms with E-state index in [1.54, 1.807) is 0 Å². The van der Waals surface area contributed by atoms with Crippen LogP contribution in [0.15, 0.2) is 10.9 Å². The van der Waals surface area contributed by atoms with E-state index in [1.807, 2.05) is 0 Å². The summed E-state index contributed by atoms with van der Waals surface area (Å²) in [6.45, 7) is 0. The van der Waals surface area contributed by atoms with Crippen LogP contribution in [0, 0.1) is 0 Å². The van der Waals surface area contributed by atoms with Crippen molar-refractivity contribution in [3.05, 3.63) is 27.7 Å². The van der Waals surface area contributed by atoms with Gasteiger partial charge >= 0.3 is 12.3 Å². The number of carbonyl (C=O) groups excluding carboxylic acids is 1. The van der Waals surface area contributed by atoms with Crippen molar-refractivity contribution in [1.82, 2.24) is 4.98 Å². The SMILES string of the molecule is COC(=O)c1[nH]c(CBr)cc(=O)c1OC(F)(F)F. The number of halogens is 4. The number of methoxy groups -OCH3 is 1. The Morgan fingerprint density at radius 1 is 1.50 bits per heavy atom. The number of hydrogen-bond acceptors (Lipinski definition) is 4. The van der Waals surface area contributed by atoms with Gasteiger partial charge in [0.2, 0.25) is 11.2 Å². The van der Waals surface area contributed by atoms with Crippen LogP contribution in [0.3, 0.4) is 0 Å². The molecule has 0 atom stereocenters. The Morgan fingerprint density at radius 3 is 2.56 bits per heavy atom. The molecule has 0 saturated carbocycles. The maximum absolute atomic E-state index is 12.1. The molecule has 0 bridgehead atoms. The highest BCUT2D eigenvalue weighted by molar-refractivity contribution is 9.08. The molecule has 18 heavy (non-hydrogen) atoms. The van der Waals surface area contributed by atoms with E-state index >= 15 is 0 Å². The van der Waals surface area contributed by atoms with Crippen LogP contribution in [0.5, 0.6) is 5.75 Å². The van der Waals surface area contributed by atoms with Gasteiger partial charge in [0.1, 0.15) is 0 Å². The summed E-state index contributed by atoms with van der Waals surface area (Å²) in [6.07, 6.45) is -5.08.